The van der Waals surface area contributed by atoms with Gasteiger partial charge in [-0.25, -0.2) is 0 Å². The third-order valence-electron chi connectivity index (χ3n) is 3.81. The fraction of sp³-hybridized carbons (Fsp3) is 0.500. The molecule has 1 heterocycles. The summed E-state index contributed by atoms with van der Waals surface area (Å²) in [6.45, 7) is 0.628. The Morgan fingerprint density at radius 3 is 2.80 bits per heavy atom. The van der Waals surface area contributed by atoms with Gasteiger partial charge in [-0.05, 0) is 31.7 Å². The lowest BCUT2D eigenvalue weighted by atomic mass is 10.0. The number of anilines is 1. The predicted octanol–water partition coefficient (Wildman–Crippen LogP) is 1.84. The molecular formula is C14H17N3O3. The molecule has 6 nitrogen and oxygen atoms in total. The minimum atomic E-state index is -0.433. The molecule has 1 aliphatic carbocycles. The van der Waals surface area contributed by atoms with E-state index >= 15 is 0 Å². The minimum Gasteiger partial charge on any atom is -0.311 e. The predicted molar refractivity (Wildman–Crippen MR) is 74.6 cm³/mol. The molecule has 1 atom stereocenters. The summed E-state index contributed by atoms with van der Waals surface area (Å²) in [4.78, 5) is 24.5. The molecule has 1 aromatic carbocycles. The van der Waals surface area contributed by atoms with Crippen molar-refractivity contribution in [3.8, 4) is 0 Å². The third kappa shape index (κ3) is 2.65. The fourth-order valence-electron chi connectivity index (χ4n) is 2.60. The normalized spacial score (nSPS) is 22.9. The Hall–Kier alpha value is -1.95. The van der Waals surface area contributed by atoms with Gasteiger partial charge in [-0.2, -0.15) is 0 Å². The van der Waals surface area contributed by atoms with Crippen LogP contribution in [0.25, 0.3) is 0 Å². The van der Waals surface area contributed by atoms with E-state index < -0.39 is 4.92 Å². The molecule has 6 heteroatoms. The van der Waals surface area contributed by atoms with Gasteiger partial charge < -0.3 is 10.2 Å². The van der Waals surface area contributed by atoms with Crippen LogP contribution in [0.15, 0.2) is 24.3 Å². The van der Waals surface area contributed by atoms with Crippen LogP contribution in [0.2, 0.25) is 0 Å². The molecular weight excluding hydrogens is 258 g/mol. The zero-order valence-electron chi connectivity index (χ0n) is 11.1. The standard InChI is InChI=1S/C14H17N3O3/c18-14-13(15-10-6-7-10)5-2-8-16(14)11-3-1-4-12(9-11)17(19)20/h1,3-4,9-10,13,15H,2,5-8H2. The quantitative estimate of drug-likeness (QED) is 0.672. The molecule has 0 bridgehead atoms. The number of piperidine rings is 1. The highest BCUT2D eigenvalue weighted by Crippen LogP contribution is 2.27. The van der Waals surface area contributed by atoms with E-state index in [9.17, 15) is 14.9 Å². The molecule has 0 aromatic heterocycles. The first-order chi connectivity index (χ1) is 9.65. The first-order valence-corrected chi connectivity index (χ1v) is 6.97. The largest absolute Gasteiger partial charge is 0.311 e. The number of hydrogen-bond donors (Lipinski definition) is 1. The van der Waals surface area contributed by atoms with Crippen molar-refractivity contribution in [2.24, 2.45) is 0 Å². The van der Waals surface area contributed by atoms with Crippen LogP contribution in [-0.2, 0) is 4.79 Å². The lowest BCUT2D eigenvalue weighted by molar-refractivity contribution is -0.384. The molecule has 0 spiro atoms. The van der Waals surface area contributed by atoms with Crippen LogP contribution in [-0.4, -0.2) is 29.5 Å². The molecule has 1 aromatic rings. The van der Waals surface area contributed by atoms with Gasteiger partial charge in [0.15, 0.2) is 0 Å². The second kappa shape index (κ2) is 5.20. The van der Waals surface area contributed by atoms with Gasteiger partial charge in [-0.15, -0.1) is 0 Å². The second-order valence-electron chi connectivity index (χ2n) is 5.40. The number of hydrogen-bond acceptors (Lipinski definition) is 4. The first kappa shape index (κ1) is 13.1. The molecule has 1 saturated heterocycles. The summed E-state index contributed by atoms with van der Waals surface area (Å²) >= 11 is 0. The van der Waals surface area contributed by atoms with Crippen LogP contribution in [0, 0.1) is 10.1 Å². The van der Waals surface area contributed by atoms with E-state index in [1.807, 2.05) is 0 Å². The van der Waals surface area contributed by atoms with Gasteiger partial charge in [-0.3, -0.25) is 14.9 Å². The van der Waals surface area contributed by atoms with Crippen LogP contribution in [0.3, 0.4) is 0 Å². The lowest BCUT2D eigenvalue weighted by Gasteiger charge is -2.32. The smallest absolute Gasteiger partial charge is 0.271 e. The van der Waals surface area contributed by atoms with Crippen LogP contribution >= 0.6 is 0 Å². The Kier molecular flexibility index (Phi) is 3.40. The monoisotopic (exact) mass is 275 g/mol. The topological polar surface area (TPSA) is 75.5 Å². The molecule has 20 heavy (non-hydrogen) atoms. The number of nitrogens with zero attached hydrogens (tertiary/aromatic N) is 2. The highest BCUT2D eigenvalue weighted by atomic mass is 16.6. The summed E-state index contributed by atoms with van der Waals surface area (Å²) in [6, 6.07) is 6.63. The molecule has 1 amide bonds. The summed E-state index contributed by atoms with van der Waals surface area (Å²) in [6.07, 6.45) is 4.04. The number of nitrogens with one attached hydrogen (secondary N) is 1. The summed E-state index contributed by atoms with van der Waals surface area (Å²) in [7, 11) is 0. The highest BCUT2D eigenvalue weighted by Gasteiger charge is 2.34. The van der Waals surface area contributed by atoms with Crippen LogP contribution < -0.4 is 10.2 Å². The molecule has 0 radical (unpaired) electrons. The number of non-ortho nitro benzene ring substituents is 1. The Balaban J connectivity index is 1.79. The van der Waals surface area contributed by atoms with E-state index in [1.165, 1.54) is 12.1 Å². The van der Waals surface area contributed by atoms with Crippen molar-refractivity contribution in [1.29, 1.82) is 0 Å². The first-order valence-electron chi connectivity index (χ1n) is 6.97. The summed E-state index contributed by atoms with van der Waals surface area (Å²) < 4.78 is 0. The van der Waals surface area contributed by atoms with Crippen molar-refractivity contribution < 1.29 is 9.72 Å². The van der Waals surface area contributed by atoms with Crippen molar-refractivity contribution in [1.82, 2.24) is 5.32 Å². The zero-order valence-corrected chi connectivity index (χ0v) is 11.1. The van der Waals surface area contributed by atoms with E-state index in [2.05, 4.69) is 5.32 Å². The van der Waals surface area contributed by atoms with E-state index in [4.69, 9.17) is 0 Å². The fourth-order valence-corrected chi connectivity index (χ4v) is 2.60. The van der Waals surface area contributed by atoms with E-state index in [0.717, 1.165) is 25.7 Å². The molecule has 2 aliphatic rings. The Labute approximate surface area is 116 Å². The van der Waals surface area contributed by atoms with Gasteiger partial charge in [-0.1, -0.05) is 6.07 Å². The van der Waals surface area contributed by atoms with Gasteiger partial charge in [0.2, 0.25) is 5.91 Å². The number of carbonyl (C=O) groups is 1. The Morgan fingerprint density at radius 2 is 2.10 bits per heavy atom. The van der Waals surface area contributed by atoms with E-state index in [1.54, 1.807) is 17.0 Å². The van der Waals surface area contributed by atoms with Gasteiger partial charge in [0.05, 0.1) is 16.7 Å². The summed E-state index contributed by atoms with van der Waals surface area (Å²) in [5.41, 5.74) is 0.638. The van der Waals surface area contributed by atoms with Gasteiger partial charge in [0.25, 0.3) is 5.69 Å². The number of rotatable bonds is 4. The van der Waals surface area contributed by atoms with Crippen LogP contribution in [0.1, 0.15) is 25.7 Å². The summed E-state index contributed by atoms with van der Waals surface area (Å²) in [5.74, 6) is 0.0312. The molecule has 1 saturated carbocycles. The van der Waals surface area contributed by atoms with E-state index in [-0.39, 0.29) is 17.6 Å². The maximum atomic E-state index is 12.5. The molecule has 1 unspecified atom stereocenters. The number of carbonyl (C=O) groups excluding carboxylic acids is 1. The highest BCUT2D eigenvalue weighted by molar-refractivity contribution is 5.98. The number of amides is 1. The number of nitro groups is 1. The third-order valence-corrected chi connectivity index (χ3v) is 3.81. The lowest BCUT2D eigenvalue weighted by Crippen LogP contribution is -2.51. The van der Waals surface area contributed by atoms with Crippen molar-refractivity contribution in [2.75, 3.05) is 11.4 Å². The molecule has 106 valence electrons. The summed E-state index contributed by atoms with van der Waals surface area (Å²) in [5, 5.41) is 14.2. The van der Waals surface area contributed by atoms with Crippen molar-refractivity contribution in [3.05, 3.63) is 34.4 Å². The van der Waals surface area contributed by atoms with Gasteiger partial charge in [0, 0.05) is 24.7 Å². The average molecular weight is 275 g/mol. The van der Waals surface area contributed by atoms with Gasteiger partial charge >= 0.3 is 0 Å². The Bertz CT molecular complexity index is 542. The maximum Gasteiger partial charge on any atom is 0.271 e. The zero-order chi connectivity index (χ0) is 14.1. The molecule has 1 aliphatic heterocycles. The van der Waals surface area contributed by atoms with Crippen molar-refractivity contribution in [3.63, 3.8) is 0 Å². The second-order valence-corrected chi connectivity index (χ2v) is 5.40. The number of nitro benzene ring substituents is 1. The SMILES string of the molecule is O=C1C(NC2CC2)CCCN1c1cccc([N+](=O)[O-])c1. The molecule has 3 rings (SSSR count). The maximum absolute atomic E-state index is 12.5. The molecule has 1 N–H and O–H groups in total. The van der Waals surface area contributed by atoms with E-state index in [0.29, 0.717) is 18.3 Å². The molecule has 2 fully saturated rings. The minimum absolute atomic E-state index is 0.0209. The van der Waals surface area contributed by atoms with Gasteiger partial charge in [0.1, 0.15) is 0 Å². The van der Waals surface area contributed by atoms with Crippen molar-refractivity contribution in [2.45, 2.75) is 37.8 Å². The Morgan fingerprint density at radius 1 is 1.30 bits per heavy atom. The van der Waals surface area contributed by atoms with Crippen LogP contribution in [0.5, 0.6) is 0 Å². The van der Waals surface area contributed by atoms with Crippen molar-refractivity contribution >= 4 is 17.3 Å². The number of benzene rings is 1. The average Bonchev–Trinajstić information content (AvgIpc) is 3.25. The van der Waals surface area contributed by atoms with Crippen LogP contribution in [0.4, 0.5) is 11.4 Å².